The molecule has 3 aromatic rings. The molecule has 3 rings (SSSR count). The van der Waals surface area contributed by atoms with E-state index in [1.165, 1.54) is 19.3 Å². The van der Waals surface area contributed by atoms with Crippen molar-refractivity contribution in [2.24, 2.45) is 0 Å². The van der Waals surface area contributed by atoms with Gasteiger partial charge in [-0.2, -0.15) is 0 Å². The molecule has 0 fully saturated rings. The third-order valence-corrected chi connectivity index (χ3v) is 5.34. The molecule has 0 unspecified atom stereocenters. The average molecular weight is 441 g/mol. The summed E-state index contributed by atoms with van der Waals surface area (Å²) in [5.74, 6) is 1.73. The summed E-state index contributed by atoms with van der Waals surface area (Å²) in [6.45, 7) is 2.98. The average Bonchev–Trinajstić information content (AvgIpc) is 2.87. The van der Waals surface area contributed by atoms with E-state index in [2.05, 4.69) is 13.0 Å². The molecule has 0 amide bonds. The zero-order valence-electron chi connectivity index (χ0n) is 19.5. The lowest BCUT2D eigenvalue weighted by atomic mass is 10.0. The zero-order chi connectivity index (χ0) is 23.3. The van der Waals surface area contributed by atoms with Gasteiger partial charge in [-0.3, -0.25) is 4.79 Å². The van der Waals surface area contributed by atoms with Gasteiger partial charge in [0, 0.05) is 5.56 Å². The fourth-order valence-electron chi connectivity index (χ4n) is 3.46. The predicted molar refractivity (Wildman–Crippen MR) is 139 cm³/mol. The van der Waals surface area contributed by atoms with Crippen molar-refractivity contribution in [1.29, 1.82) is 0 Å². The van der Waals surface area contributed by atoms with Crippen LogP contribution in [0.1, 0.15) is 65.2 Å². The van der Waals surface area contributed by atoms with E-state index in [4.69, 9.17) is 9.47 Å². The second kappa shape index (κ2) is 13.1. The van der Waals surface area contributed by atoms with Crippen LogP contribution < -0.4 is 9.47 Å². The van der Waals surface area contributed by atoms with Gasteiger partial charge in [0.05, 0.1) is 13.7 Å². The van der Waals surface area contributed by atoms with E-state index in [0.29, 0.717) is 5.56 Å². The van der Waals surface area contributed by atoms with Crippen LogP contribution in [-0.2, 0) is 0 Å². The fourth-order valence-corrected chi connectivity index (χ4v) is 3.46. The Hall–Kier alpha value is -3.59. The molecule has 0 aliphatic carbocycles. The number of carbonyl (C=O) groups excluding carboxylic acids is 1. The number of aldehydes is 1. The third kappa shape index (κ3) is 8.12. The minimum Gasteiger partial charge on any atom is -0.497 e. The first-order valence-electron chi connectivity index (χ1n) is 11.5. The summed E-state index contributed by atoms with van der Waals surface area (Å²) in [4.78, 5) is 11.4. The minimum absolute atomic E-state index is 0.651. The third-order valence-electron chi connectivity index (χ3n) is 5.34. The van der Waals surface area contributed by atoms with Crippen LogP contribution in [0.2, 0.25) is 0 Å². The standard InChI is InChI=1S/C30H32O3/c1-3-4-5-6-19-33-30-17-13-25(14-18-30)8-10-27-20-26(21-28(22-27)23-31)9-7-24-11-15-29(32-2)16-12-24/h7-18,20-23H,3-6,19H2,1-2H3/b9-7+,10-8+. The van der Waals surface area contributed by atoms with Crippen molar-refractivity contribution < 1.29 is 14.3 Å². The Morgan fingerprint density at radius 3 is 1.67 bits per heavy atom. The first kappa shape index (κ1) is 24.1. The molecule has 0 aromatic heterocycles. The number of unbranched alkanes of at least 4 members (excludes halogenated alkanes) is 3. The van der Waals surface area contributed by atoms with E-state index in [-0.39, 0.29) is 0 Å². The molecule has 0 N–H and O–H groups in total. The van der Waals surface area contributed by atoms with Gasteiger partial charge < -0.3 is 9.47 Å². The van der Waals surface area contributed by atoms with Crippen molar-refractivity contribution in [3.63, 3.8) is 0 Å². The van der Waals surface area contributed by atoms with Crippen molar-refractivity contribution in [3.05, 3.63) is 94.5 Å². The lowest BCUT2D eigenvalue weighted by Crippen LogP contribution is -1.96. The van der Waals surface area contributed by atoms with Gasteiger partial charge in [0.25, 0.3) is 0 Å². The highest BCUT2D eigenvalue weighted by Gasteiger charge is 1.99. The van der Waals surface area contributed by atoms with Crippen molar-refractivity contribution in [2.45, 2.75) is 32.6 Å². The predicted octanol–water partition coefficient (Wildman–Crippen LogP) is 7.81. The number of hydrogen-bond acceptors (Lipinski definition) is 3. The first-order valence-corrected chi connectivity index (χ1v) is 11.5. The van der Waals surface area contributed by atoms with Crippen molar-refractivity contribution >= 4 is 30.6 Å². The Kier molecular flexibility index (Phi) is 9.53. The van der Waals surface area contributed by atoms with Crippen molar-refractivity contribution in [1.82, 2.24) is 0 Å². The SMILES string of the molecule is CCCCCCOc1ccc(/C=C/c2cc(C=O)cc(/C=C/c3ccc(OC)cc3)c2)cc1. The smallest absolute Gasteiger partial charge is 0.150 e. The Morgan fingerprint density at radius 1 is 0.636 bits per heavy atom. The highest BCUT2D eigenvalue weighted by molar-refractivity contribution is 5.82. The summed E-state index contributed by atoms with van der Waals surface area (Å²) in [6.07, 6.45) is 13.8. The Labute approximate surface area is 197 Å². The van der Waals surface area contributed by atoms with Gasteiger partial charge in [0.15, 0.2) is 0 Å². The highest BCUT2D eigenvalue weighted by atomic mass is 16.5. The van der Waals surface area contributed by atoms with E-state index in [9.17, 15) is 4.79 Å². The molecule has 0 heterocycles. The lowest BCUT2D eigenvalue weighted by Gasteiger charge is -2.06. The van der Waals surface area contributed by atoms with Gasteiger partial charge in [-0.1, -0.05) is 74.8 Å². The van der Waals surface area contributed by atoms with Crippen LogP contribution in [0, 0.1) is 0 Å². The maximum Gasteiger partial charge on any atom is 0.150 e. The molecule has 0 aliphatic heterocycles. The summed E-state index contributed by atoms with van der Waals surface area (Å²) in [5.41, 5.74) is 4.75. The van der Waals surface area contributed by atoms with Crippen LogP contribution in [0.15, 0.2) is 66.7 Å². The molecule has 0 radical (unpaired) electrons. The number of carbonyl (C=O) groups is 1. The van der Waals surface area contributed by atoms with Crippen LogP contribution in [-0.4, -0.2) is 20.0 Å². The van der Waals surface area contributed by atoms with E-state index >= 15 is 0 Å². The molecule has 0 spiro atoms. The van der Waals surface area contributed by atoms with Crippen LogP contribution in [0.4, 0.5) is 0 Å². The van der Waals surface area contributed by atoms with Gasteiger partial charge in [-0.25, -0.2) is 0 Å². The molecule has 0 atom stereocenters. The van der Waals surface area contributed by atoms with E-state index in [1.54, 1.807) is 7.11 Å². The summed E-state index contributed by atoms with van der Waals surface area (Å²) >= 11 is 0. The number of ether oxygens (including phenoxy) is 2. The zero-order valence-corrected chi connectivity index (χ0v) is 19.5. The van der Waals surface area contributed by atoms with Crippen LogP contribution in [0.5, 0.6) is 11.5 Å². The van der Waals surface area contributed by atoms with Gasteiger partial charge in [0.2, 0.25) is 0 Å². The Bertz CT molecular complexity index is 1060. The normalized spacial score (nSPS) is 11.2. The van der Waals surface area contributed by atoms with E-state index < -0.39 is 0 Å². The number of benzene rings is 3. The Balaban J connectivity index is 1.65. The van der Waals surface area contributed by atoms with Gasteiger partial charge in [0.1, 0.15) is 17.8 Å². The largest absolute Gasteiger partial charge is 0.497 e. The molecule has 3 nitrogen and oxygen atoms in total. The lowest BCUT2D eigenvalue weighted by molar-refractivity contribution is 0.112. The summed E-state index contributed by atoms with van der Waals surface area (Å²) in [5, 5.41) is 0. The van der Waals surface area contributed by atoms with Gasteiger partial charge in [-0.15, -0.1) is 0 Å². The topological polar surface area (TPSA) is 35.5 Å². The van der Waals surface area contributed by atoms with Gasteiger partial charge >= 0.3 is 0 Å². The maximum absolute atomic E-state index is 11.4. The molecule has 3 aromatic carbocycles. The second-order valence-corrected chi connectivity index (χ2v) is 7.97. The quantitative estimate of drug-likeness (QED) is 0.164. The summed E-state index contributed by atoms with van der Waals surface area (Å²) in [7, 11) is 1.66. The molecule has 0 saturated carbocycles. The van der Waals surface area contributed by atoms with Crippen LogP contribution in [0.3, 0.4) is 0 Å². The first-order chi connectivity index (χ1) is 16.2. The molecule has 170 valence electrons. The molecular weight excluding hydrogens is 408 g/mol. The summed E-state index contributed by atoms with van der Waals surface area (Å²) < 4.78 is 11.0. The van der Waals surface area contributed by atoms with Crippen molar-refractivity contribution in [2.75, 3.05) is 13.7 Å². The molecule has 3 heteroatoms. The van der Waals surface area contributed by atoms with Crippen LogP contribution >= 0.6 is 0 Å². The number of methoxy groups -OCH3 is 1. The molecule has 0 aliphatic rings. The maximum atomic E-state index is 11.4. The van der Waals surface area contributed by atoms with Gasteiger partial charge in [-0.05, 0) is 71.1 Å². The van der Waals surface area contributed by atoms with Crippen molar-refractivity contribution in [3.8, 4) is 11.5 Å². The molecule has 33 heavy (non-hydrogen) atoms. The molecular formula is C30H32O3. The summed E-state index contributed by atoms with van der Waals surface area (Å²) in [6, 6.07) is 21.8. The number of hydrogen-bond donors (Lipinski definition) is 0. The fraction of sp³-hybridized carbons (Fsp3) is 0.233. The molecule has 0 saturated heterocycles. The monoisotopic (exact) mass is 440 g/mol. The minimum atomic E-state index is 0.651. The van der Waals surface area contributed by atoms with E-state index in [1.807, 2.05) is 85.0 Å². The molecule has 0 bridgehead atoms. The van der Waals surface area contributed by atoms with Crippen LogP contribution in [0.25, 0.3) is 24.3 Å². The highest BCUT2D eigenvalue weighted by Crippen LogP contribution is 2.19. The number of rotatable bonds is 12. The Morgan fingerprint density at radius 2 is 1.15 bits per heavy atom. The van der Waals surface area contributed by atoms with E-state index in [0.717, 1.165) is 53.1 Å². The second-order valence-electron chi connectivity index (χ2n) is 7.97.